The topological polar surface area (TPSA) is 20.2 Å². The van der Waals surface area contributed by atoms with Gasteiger partial charge in [0.05, 0.1) is 6.10 Å². The monoisotopic (exact) mass is 192 g/mol. The molecule has 1 aromatic heterocycles. The maximum absolute atomic E-state index is 9.75. The standard InChI is InChI=1S/C11H12OS/c1-2-10(12)9-5-3-4-8-6-7-13-11(8)9/h3-7,10,12H,2H2,1H3. The first-order valence-corrected chi connectivity index (χ1v) is 5.35. The first-order valence-electron chi connectivity index (χ1n) is 4.47. The predicted molar refractivity (Wildman–Crippen MR) is 57.1 cm³/mol. The number of hydrogen-bond donors (Lipinski definition) is 1. The van der Waals surface area contributed by atoms with Crippen molar-refractivity contribution in [2.24, 2.45) is 0 Å². The van der Waals surface area contributed by atoms with Gasteiger partial charge < -0.3 is 5.11 Å². The second kappa shape index (κ2) is 3.48. The fourth-order valence-electron chi connectivity index (χ4n) is 1.50. The minimum Gasteiger partial charge on any atom is -0.388 e. The van der Waals surface area contributed by atoms with Gasteiger partial charge in [-0.2, -0.15) is 0 Å². The molecule has 1 atom stereocenters. The molecular formula is C11H12OS. The van der Waals surface area contributed by atoms with Crippen LogP contribution in [0.1, 0.15) is 25.0 Å². The summed E-state index contributed by atoms with van der Waals surface area (Å²) in [4.78, 5) is 0. The number of aliphatic hydroxyl groups is 1. The summed E-state index contributed by atoms with van der Waals surface area (Å²) in [6.07, 6.45) is 0.458. The Hall–Kier alpha value is -0.860. The number of thiophene rings is 1. The minimum absolute atomic E-state index is 0.317. The highest BCUT2D eigenvalue weighted by molar-refractivity contribution is 7.17. The normalized spacial score (nSPS) is 13.4. The van der Waals surface area contributed by atoms with Crippen LogP contribution in [-0.4, -0.2) is 5.11 Å². The predicted octanol–water partition coefficient (Wildman–Crippen LogP) is 3.34. The number of benzene rings is 1. The average molecular weight is 192 g/mol. The van der Waals surface area contributed by atoms with E-state index in [0.29, 0.717) is 0 Å². The molecule has 2 rings (SSSR count). The van der Waals surface area contributed by atoms with Crippen molar-refractivity contribution in [2.45, 2.75) is 19.4 Å². The zero-order chi connectivity index (χ0) is 9.26. The summed E-state index contributed by atoms with van der Waals surface area (Å²) >= 11 is 1.70. The van der Waals surface area contributed by atoms with Gasteiger partial charge in [0.1, 0.15) is 0 Å². The van der Waals surface area contributed by atoms with Gasteiger partial charge in [-0.15, -0.1) is 11.3 Å². The lowest BCUT2D eigenvalue weighted by Crippen LogP contribution is -1.94. The molecule has 0 aliphatic heterocycles. The molecule has 0 bridgehead atoms. The third-order valence-corrected chi connectivity index (χ3v) is 3.23. The van der Waals surface area contributed by atoms with Crippen molar-refractivity contribution in [3.05, 3.63) is 35.2 Å². The van der Waals surface area contributed by atoms with Crippen molar-refractivity contribution in [1.82, 2.24) is 0 Å². The van der Waals surface area contributed by atoms with E-state index in [2.05, 4.69) is 17.5 Å². The van der Waals surface area contributed by atoms with Crippen molar-refractivity contribution in [3.8, 4) is 0 Å². The van der Waals surface area contributed by atoms with Gasteiger partial charge in [0, 0.05) is 4.70 Å². The number of fused-ring (bicyclic) bond motifs is 1. The summed E-state index contributed by atoms with van der Waals surface area (Å²) in [5.74, 6) is 0. The van der Waals surface area contributed by atoms with Crippen LogP contribution in [0.15, 0.2) is 29.6 Å². The largest absolute Gasteiger partial charge is 0.388 e. The zero-order valence-electron chi connectivity index (χ0n) is 7.53. The van der Waals surface area contributed by atoms with Gasteiger partial charge in [-0.1, -0.05) is 25.1 Å². The second-order valence-corrected chi connectivity index (χ2v) is 4.03. The van der Waals surface area contributed by atoms with E-state index >= 15 is 0 Å². The van der Waals surface area contributed by atoms with Crippen LogP contribution >= 0.6 is 11.3 Å². The Balaban J connectivity index is 2.60. The van der Waals surface area contributed by atoms with E-state index in [1.165, 1.54) is 10.1 Å². The molecule has 0 aliphatic carbocycles. The lowest BCUT2D eigenvalue weighted by Gasteiger charge is -2.08. The summed E-state index contributed by atoms with van der Waals surface area (Å²) in [5, 5.41) is 13.0. The Morgan fingerprint density at radius 2 is 2.23 bits per heavy atom. The summed E-state index contributed by atoms with van der Waals surface area (Å²) < 4.78 is 1.22. The van der Waals surface area contributed by atoms with Crippen LogP contribution in [0.3, 0.4) is 0 Å². The molecule has 2 aromatic rings. The van der Waals surface area contributed by atoms with Crippen LogP contribution in [0.25, 0.3) is 10.1 Å². The number of hydrogen-bond acceptors (Lipinski definition) is 2. The fraction of sp³-hybridized carbons (Fsp3) is 0.273. The van der Waals surface area contributed by atoms with Gasteiger partial charge in [-0.05, 0) is 28.8 Å². The van der Waals surface area contributed by atoms with Crippen molar-refractivity contribution in [3.63, 3.8) is 0 Å². The highest BCUT2D eigenvalue weighted by atomic mass is 32.1. The molecule has 0 amide bonds. The maximum atomic E-state index is 9.75. The first kappa shape index (κ1) is 8.73. The molecule has 1 heterocycles. The van der Waals surface area contributed by atoms with E-state index in [4.69, 9.17) is 0 Å². The van der Waals surface area contributed by atoms with Crippen molar-refractivity contribution >= 4 is 21.4 Å². The summed E-state index contributed by atoms with van der Waals surface area (Å²) in [6, 6.07) is 8.18. The van der Waals surface area contributed by atoms with Crippen LogP contribution < -0.4 is 0 Å². The highest BCUT2D eigenvalue weighted by Gasteiger charge is 2.08. The van der Waals surface area contributed by atoms with Gasteiger partial charge in [0.2, 0.25) is 0 Å². The highest BCUT2D eigenvalue weighted by Crippen LogP contribution is 2.29. The van der Waals surface area contributed by atoms with E-state index in [-0.39, 0.29) is 6.10 Å². The Bertz CT molecular complexity index is 405. The van der Waals surface area contributed by atoms with Gasteiger partial charge >= 0.3 is 0 Å². The number of rotatable bonds is 2. The molecule has 2 heteroatoms. The smallest absolute Gasteiger partial charge is 0.0801 e. The lowest BCUT2D eigenvalue weighted by atomic mass is 10.1. The molecular weight excluding hydrogens is 180 g/mol. The summed E-state index contributed by atoms with van der Waals surface area (Å²) in [6.45, 7) is 2.00. The molecule has 0 aliphatic rings. The van der Waals surface area contributed by atoms with E-state index in [1.807, 2.05) is 19.1 Å². The quantitative estimate of drug-likeness (QED) is 0.773. The maximum Gasteiger partial charge on any atom is 0.0801 e. The van der Waals surface area contributed by atoms with Crippen LogP contribution in [0.4, 0.5) is 0 Å². The third-order valence-electron chi connectivity index (χ3n) is 2.26. The van der Waals surface area contributed by atoms with E-state index < -0.39 is 0 Å². The molecule has 1 aromatic carbocycles. The van der Waals surface area contributed by atoms with Gasteiger partial charge in [-0.3, -0.25) is 0 Å². The molecule has 0 radical (unpaired) electrons. The van der Waals surface area contributed by atoms with Crippen molar-refractivity contribution in [1.29, 1.82) is 0 Å². The first-order chi connectivity index (χ1) is 6.33. The summed E-state index contributed by atoms with van der Waals surface area (Å²) in [7, 11) is 0. The second-order valence-electron chi connectivity index (χ2n) is 3.11. The Morgan fingerprint density at radius 3 is 3.00 bits per heavy atom. The minimum atomic E-state index is -0.317. The van der Waals surface area contributed by atoms with Crippen molar-refractivity contribution < 1.29 is 5.11 Å². The van der Waals surface area contributed by atoms with Crippen LogP contribution in [0, 0.1) is 0 Å². The molecule has 0 fully saturated rings. The molecule has 0 saturated heterocycles. The Labute approximate surface area is 81.6 Å². The van der Waals surface area contributed by atoms with Crippen LogP contribution in [-0.2, 0) is 0 Å². The van der Waals surface area contributed by atoms with Gasteiger partial charge in [0.15, 0.2) is 0 Å². The third kappa shape index (κ3) is 1.47. The van der Waals surface area contributed by atoms with E-state index in [1.54, 1.807) is 11.3 Å². The molecule has 13 heavy (non-hydrogen) atoms. The van der Waals surface area contributed by atoms with Crippen molar-refractivity contribution in [2.75, 3.05) is 0 Å². The lowest BCUT2D eigenvalue weighted by molar-refractivity contribution is 0.175. The zero-order valence-corrected chi connectivity index (χ0v) is 8.34. The van der Waals surface area contributed by atoms with Gasteiger partial charge in [0.25, 0.3) is 0 Å². The van der Waals surface area contributed by atoms with E-state index in [0.717, 1.165) is 12.0 Å². The SMILES string of the molecule is CCC(O)c1cccc2ccsc12. The Morgan fingerprint density at radius 1 is 1.38 bits per heavy atom. The van der Waals surface area contributed by atoms with Gasteiger partial charge in [-0.25, -0.2) is 0 Å². The molecule has 1 N–H and O–H groups in total. The summed E-state index contributed by atoms with van der Waals surface area (Å²) in [5.41, 5.74) is 1.06. The molecule has 0 spiro atoms. The Kier molecular flexibility index (Phi) is 2.34. The molecule has 68 valence electrons. The number of aliphatic hydroxyl groups excluding tert-OH is 1. The van der Waals surface area contributed by atoms with Crippen LogP contribution in [0.2, 0.25) is 0 Å². The van der Waals surface area contributed by atoms with E-state index in [9.17, 15) is 5.11 Å². The van der Waals surface area contributed by atoms with Crippen LogP contribution in [0.5, 0.6) is 0 Å². The molecule has 0 saturated carbocycles. The molecule has 1 nitrogen and oxygen atoms in total. The fourth-order valence-corrected chi connectivity index (χ4v) is 2.46. The average Bonchev–Trinajstić information content (AvgIpc) is 2.63. The molecule has 1 unspecified atom stereocenters.